The fourth-order valence-electron chi connectivity index (χ4n) is 1.26. The lowest BCUT2D eigenvalue weighted by molar-refractivity contribution is 0.502. The molecule has 0 amide bonds. The Morgan fingerprint density at radius 2 is 2.19 bits per heavy atom. The molecule has 0 spiro atoms. The molecule has 0 heterocycles. The Morgan fingerprint density at radius 3 is 2.81 bits per heavy atom. The SMILES string of the molecule is C#CCC(C)NCc1c(F)ccc(Br)c1F. The summed E-state index contributed by atoms with van der Waals surface area (Å²) >= 11 is 3.02. The van der Waals surface area contributed by atoms with Gasteiger partial charge in [0.15, 0.2) is 0 Å². The maximum atomic E-state index is 13.5. The first kappa shape index (κ1) is 13.1. The van der Waals surface area contributed by atoms with Crippen molar-refractivity contribution in [1.82, 2.24) is 5.32 Å². The molecule has 0 aliphatic rings. The summed E-state index contributed by atoms with van der Waals surface area (Å²) in [7, 11) is 0. The molecule has 1 unspecified atom stereocenters. The maximum Gasteiger partial charge on any atom is 0.144 e. The zero-order chi connectivity index (χ0) is 12.1. The first-order valence-corrected chi connectivity index (χ1v) is 5.64. The summed E-state index contributed by atoms with van der Waals surface area (Å²) in [6, 6.07) is 2.61. The number of rotatable bonds is 4. The Labute approximate surface area is 102 Å². The summed E-state index contributed by atoms with van der Waals surface area (Å²) in [5.74, 6) is 1.36. The summed E-state index contributed by atoms with van der Waals surface area (Å²) in [6.45, 7) is 1.99. The number of halogens is 3. The van der Waals surface area contributed by atoms with Crippen LogP contribution < -0.4 is 5.32 Å². The van der Waals surface area contributed by atoms with Gasteiger partial charge < -0.3 is 5.32 Å². The summed E-state index contributed by atoms with van der Waals surface area (Å²) in [5.41, 5.74) is 0.0262. The van der Waals surface area contributed by atoms with Crippen molar-refractivity contribution in [3.63, 3.8) is 0 Å². The van der Waals surface area contributed by atoms with Gasteiger partial charge in [0.1, 0.15) is 11.6 Å². The van der Waals surface area contributed by atoms with E-state index >= 15 is 0 Å². The second-order valence-corrected chi connectivity index (χ2v) is 4.37. The third-order valence-electron chi connectivity index (χ3n) is 2.19. The number of hydrogen-bond acceptors (Lipinski definition) is 1. The van der Waals surface area contributed by atoms with Crippen LogP contribution in [0.4, 0.5) is 8.78 Å². The molecule has 0 fully saturated rings. The monoisotopic (exact) mass is 287 g/mol. The molecule has 0 radical (unpaired) electrons. The van der Waals surface area contributed by atoms with Crippen LogP contribution in [-0.2, 0) is 6.54 Å². The van der Waals surface area contributed by atoms with Gasteiger partial charge >= 0.3 is 0 Å². The predicted octanol–water partition coefficient (Wildman–Crippen LogP) is 3.23. The fraction of sp³-hybridized carbons (Fsp3) is 0.333. The van der Waals surface area contributed by atoms with E-state index in [1.165, 1.54) is 12.1 Å². The Morgan fingerprint density at radius 1 is 1.50 bits per heavy atom. The first-order valence-electron chi connectivity index (χ1n) is 4.85. The average molecular weight is 288 g/mol. The summed E-state index contributed by atoms with van der Waals surface area (Å²) in [4.78, 5) is 0. The minimum absolute atomic E-state index is 0.0262. The summed E-state index contributed by atoms with van der Waals surface area (Å²) < 4.78 is 27.1. The van der Waals surface area contributed by atoms with Gasteiger partial charge in [-0.15, -0.1) is 12.3 Å². The van der Waals surface area contributed by atoms with Gasteiger partial charge in [-0.2, -0.15) is 0 Å². The molecule has 1 rings (SSSR count). The van der Waals surface area contributed by atoms with Crippen LogP contribution in [0.1, 0.15) is 18.9 Å². The highest BCUT2D eigenvalue weighted by Gasteiger charge is 2.12. The summed E-state index contributed by atoms with van der Waals surface area (Å²) in [5, 5.41) is 2.97. The Hall–Kier alpha value is -0.920. The van der Waals surface area contributed by atoms with Crippen molar-refractivity contribution in [1.29, 1.82) is 0 Å². The fourth-order valence-corrected chi connectivity index (χ4v) is 1.63. The lowest BCUT2D eigenvalue weighted by Crippen LogP contribution is -2.26. The molecule has 1 aromatic carbocycles. The second kappa shape index (κ2) is 5.97. The van der Waals surface area contributed by atoms with E-state index in [2.05, 4.69) is 27.2 Å². The molecule has 0 aromatic heterocycles. The van der Waals surface area contributed by atoms with Crippen molar-refractivity contribution in [2.75, 3.05) is 0 Å². The van der Waals surface area contributed by atoms with E-state index in [1.54, 1.807) is 0 Å². The van der Waals surface area contributed by atoms with Crippen molar-refractivity contribution in [2.24, 2.45) is 0 Å². The minimum Gasteiger partial charge on any atom is -0.309 e. The predicted molar refractivity (Wildman–Crippen MR) is 63.8 cm³/mol. The molecular formula is C12H12BrF2N. The van der Waals surface area contributed by atoms with E-state index in [0.29, 0.717) is 6.42 Å². The molecule has 1 N–H and O–H groups in total. The molecule has 0 aliphatic carbocycles. The number of hydrogen-bond donors (Lipinski definition) is 1. The van der Waals surface area contributed by atoms with Gasteiger partial charge in [0.2, 0.25) is 0 Å². The highest BCUT2D eigenvalue weighted by Crippen LogP contribution is 2.21. The molecule has 16 heavy (non-hydrogen) atoms. The second-order valence-electron chi connectivity index (χ2n) is 3.51. The molecule has 86 valence electrons. The number of nitrogens with one attached hydrogen (secondary N) is 1. The van der Waals surface area contributed by atoms with Crippen LogP contribution in [-0.4, -0.2) is 6.04 Å². The smallest absolute Gasteiger partial charge is 0.144 e. The van der Waals surface area contributed by atoms with E-state index in [4.69, 9.17) is 6.42 Å². The van der Waals surface area contributed by atoms with E-state index in [1.807, 2.05) is 6.92 Å². The van der Waals surface area contributed by atoms with Crippen molar-refractivity contribution in [3.8, 4) is 12.3 Å². The van der Waals surface area contributed by atoms with Crippen LogP contribution in [0.25, 0.3) is 0 Å². The van der Waals surface area contributed by atoms with Gasteiger partial charge in [-0.3, -0.25) is 0 Å². The molecule has 1 nitrogen and oxygen atoms in total. The minimum atomic E-state index is -0.569. The summed E-state index contributed by atoms with van der Waals surface area (Å²) in [6.07, 6.45) is 5.66. The lowest BCUT2D eigenvalue weighted by atomic mass is 10.1. The quantitative estimate of drug-likeness (QED) is 0.662. The average Bonchev–Trinajstić information content (AvgIpc) is 2.24. The molecular weight excluding hydrogens is 276 g/mol. The third kappa shape index (κ3) is 3.29. The molecule has 4 heteroatoms. The van der Waals surface area contributed by atoms with Crippen LogP contribution in [0, 0.1) is 24.0 Å². The maximum absolute atomic E-state index is 13.5. The van der Waals surface area contributed by atoms with Crippen LogP contribution in [0.3, 0.4) is 0 Å². The van der Waals surface area contributed by atoms with Gasteiger partial charge in [-0.05, 0) is 35.0 Å². The number of terminal acetylenes is 1. The number of benzene rings is 1. The Balaban J connectivity index is 2.74. The molecule has 0 saturated carbocycles. The molecule has 1 aromatic rings. The van der Waals surface area contributed by atoms with Crippen molar-refractivity contribution in [3.05, 3.63) is 33.8 Å². The van der Waals surface area contributed by atoms with E-state index in [-0.39, 0.29) is 22.6 Å². The largest absolute Gasteiger partial charge is 0.309 e. The van der Waals surface area contributed by atoms with Crippen molar-refractivity contribution in [2.45, 2.75) is 25.9 Å². The molecule has 0 bridgehead atoms. The van der Waals surface area contributed by atoms with Gasteiger partial charge in [0.25, 0.3) is 0 Å². The normalized spacial score (nSPS) is 12.2. The van der Waals surface area contributed by atoms with Gasteiger partial charge in [-0.25, -0.2) is 8.78 Å². The zero-order valence-electron chi connectivity index (χ0n) is 8.86. The van der Waals surface area contributed by atoms with Crippen LogP contribution in [0.5, 0.6) is 0 Å². The molecule has 0 saturated heterocycles. The highest BCUT2D eigenvalue weighted by atomic mass is 79.9. The Bertz CT molecular complexity index is 412. The van der Waals surface area contributed by atoms with E-state index in [0.717, 1.165) is 0 Å². The standard InChI is InChI=1S/C12H12BrF2N/c1-3-4-8(2)16-7-9-11(14)6-5-10(13)12(9)15/h1,5-6,8,16H,4,7H2,2H3. The van der Waals surface area contributed by atoms with E-state index in [9.17, 15) is 8.78 Å². The van der Waals surface area contributed by atoms with Crippen molar-refractivity contribution >= 4 is 15.9 Å². The van der Waals surface area contributed by atoms with Gasteiger partial charge in [0, 0.05) is 24.6 Å². The molecule has 1 atom stereocenters. The van der Waals surface area contributed by atoms with Crippen LogP contribution >= 0.6 is 15.9 Å². The van der Waals surface area contributed by atoms with Crippen LogP contribution in [0.15, 0.2) is 16.6 Å². The topological polar surface area (TPSA) is 12.0 Å². The molecule has 0 aliphatic heterocycles. The lowest BCUT2D eigenvalue weighted by Gasteiger charge is -2.12. The van der Waals surface area contributed by atoms with Gasteiger partial charge in [0.05, 0.1) is 4.47 Å². The van der Waals surface area contributed by atoms with Gasteiger partial charge in [-0.1, -0.05) is 0 Å². The Kier molecular flexibility index (Phi) is 4.91. The zero-order valence-corrected chi connectivity index (χ0v) is 10.4. The van der Waals surface area contributed by atoms with Crippen LogP contribution in [0.2, 0.25) is 0 Å². The van der Waals surface area contributed by atoms with E-state index < -0.39 is 11.6 Å². The highest BCUT2D eigenvalue weighted by molar-refractivity contribution is 9.10. The third-order valence-corrected chi connectivity index (χ3v) is 2.80. The first-order chi connectivity index (χ1) is 7.56. The van der Waals surface area contributed by atoms with Crippen molar-refractivity contribution < 1.29 is 8.78 Å².